The van der Waals surface area contributed by atoms with Crippen LogP contribution in [0.1, 0.15) is 94.4 Å². The molecule has 0 saturated heterocycles. The molecule has 148 valence electrons. The molecule has 1 aliphatic rings. The maximum atomic E-state index is 11.2. The van der Waals surface area contributed by atoms with Crippen molar-refractivity contribution in [3.8, 4) is 0 Å². The normalized spacial score (nSPS) is 16.4. The average Bonchev–Trinajstić information content (AvgIpc) is 2.46. The maximum Gasteiger partial charge on any atom is 0.132 e. The van der Waals surface area contributed by atoms with Gasteiger partial charge in [0.2, 0.25) is 0 Å². The van der Waals surface area contributed by atoms with E-state index in [9.17, 15) is 9.59 Å². The number of hydrogen-bond donors (Lipinski definition) is 0. The Labute approximate surface area is 157 Å². The molecule has 0 aromatic rings. The molecule has 0 aromatic heterocycles. The average molecular weight is 353 g/mol. The lowest BCUT2D eigenvalue weighted by atomic mass is 9.70. The van der Waals surface area contributed by atoms with Gasteiger partial charge in [0.1, 0.15) is 11.6 Å². The van der Waals surface area contributed by atoms with Gasteiger partial charge in [-0.3, -0.25) is 4.79 Å². The van der Waals surface area contributed by atoms with Crippen LogP contribution in [0.5, 0.6) is 0 Å². The van der Waals surface area contributed by atoms with Crippen LogP contribution in [0.15, 0.2) is 0 Å². The fourth-order valence-corrected chi connectivity index (χ4v) is 4.78. The third-order valence-electron chi connectivity index (χ3n) is 5.91. The minimum absolute atomic E-state index is 0.317. The van der Waals surface area contributed by atoms with Crippen LogP contribution in [0.4, 0.5) is 0 Å². The first-order chi connectivity index (χ1) is 11.5. The van der Waals surface area contributed by atoms with E-state index in [0.29, 0.717) is 29.3 Å². The van der Waals surface area contributed by atoms with Crippen molar-refractivity contribution in [2.24, 2.45) is 41.4 Å². The SMILES string of the molecule is CC(=O)CC(C(C)C)C(C)C.CC(C)C(C(C)C)C1CCC(=O)CC1. The molecular formula is C23H44O2. The van der Waals surface area contributed by atoms with E-state index in [1.165, 1.54) is 0 Å². The topological polar surface area (TPSA) is 34.1 Å². The Bertz CT molecular complexity index is 367. The van der Waals surface area contributed by atoms with Crippen molar-refractivity contribution in [1.82, 2.24) is 0 Å². The summed E-state index contributed by atoms with van der Waals surface area (Å²) in [5, 5.41) is 0. The summed E-state index contributed by atoms with van der Waals surface area (Å²) in [6.45, 7) is 19.7. The number of hydrogen-bond acceptors (Lipinski definition) is 2. The molecule has 2 heteroatoms. The monoisotopic (exact) mass is 352 g/mol. The van der Waals surface area contributed by atoms with Gasteiger partial charge in [0, 0.05) is 19.3 Å². The molecule has 0 amide bonds. The van der Waals surface area contributed by atoms with E-state index < -0.39 is 0 Å². The van der Waals surface area contributed by atoms with Gasteiger partial charge in [-0.15, -0.1) is 0 Å². The Kier molecular flexibility index (Phi) is 11.5. The van der Waals surface area contributed by atoms with Crippen LogP contribution in [0.3, 0.4) is 0 Å². The van der Waals surface area contributed by atoms with Gasteiger partial charge in [-0.05, 0) is 61.2 Å². The van der Waals surface area contributed by atoms with E-state index in [4.69, 9.17) is 0 Å². The van der Waals surface area contributed by atoms with Crippen molar-refractivity contribution in [2.45, 2.75) is 94.4 Å². The zero-order valence-electron chi connectivity index (χ0n) is 18.4. The van der Waals surface area contributed by atoms with Gasteiger partial charge in [-0.25, -0.2) is 0 Å². The van der Waals surface area contributed by atoms with Crippen molar-refractivity contribution in [3.05, 3.63) is 0 Å². The van der Waals surface area contributed by atoms with Crippen LogP contribution in [0, 0.1) is 41.4 Å². The second kappa shape index (κ2) is 11.9. The summed E-state index contributed by atoms with van der Waals surface area (Å²) in [7, 11) is 0. The lowest BCUT2D eigenvalue weighted by molar-refractivity contribution is -0.121. The predicted octanol–water partition coefficient (Wildman–Crippen LogP) is 6.57. The summed E-state index contributed by atoms with van der Waals surface area (Å²) in [6.07, 6.45) is 4.69. The summed E-state index contributed by atoms with van der Waals surface area (Å²) in [5.74, 6) is 5.73. The number of carbonyl (C=O) groups is 2. The lowest BCUT2D eigenvalue weighted by Crippen LogP contribution is -2.29. The highest BCUT2D eigenvalue weighted by molar-refractivity contribution is 5.79. The molecule has 1 saturated carbocycles. The lowest BCUT2D eigenvalue weighted by Gasteiger charge is -2.35. The standard InChI is InChI=1S/C13H24O.C10H20O/c1-9(2)13(10(3)4)11-5-7-12(14)8-6-11;1-7(2)10(8(3)4)6-9(5)11/h9-11,13H,5-8H2,1-4H3;7-8,10H,6H2,1-5H3. The van der Waals surface area contributed by atoms with Gasteiger partial charge in [0.15, 0.2) is 0 Å². The van der Waals surface area contributed by atoms with E-state index in [1.54, 1.807) is 6.92 Å². The van der Waals surface area contributed by atoms with Crippen molar-refractivity contribution >= 4 is 11.6 Å². The van der Waals surface area contributed by atoms with Crippen molar-refractivity contribution in [3.63, 3.8) is 0 Å². The minimum atomic E-state index is 0.317. The zero-order chi connectivity index (χ0) is 19.7. The molecular weight excluding hydrogens is 308 g/mol. The largest absolute Gasteiger partial charge is 0.300 e. The zero-order valence-corrected chi connectivity index (χ0v) is 18.4. The molecule has 2 nitrogen and oxygen atoms in total. The number of ketones is 2. The molecule has 0 radical (unpaired) electrons. The molecule has 0 spiro atoms. The van der Waals surface area contributed by atoms with Crippen LogP contribution in [0.2, 0.25) is 0 Å². The van der Waals surface area contributed by atoms with E-state index >= 15 is 0 Å². The Morgan fingerprint density at radius 2 is 1.24 bits per heavy atom. The first kappa shape index (κ1) is 24.3. The fourth-order valence-electron chi connectivity index (χ4n) is 4.78. The number of carbonyl (C=O) groups excluding carboxylic acids is 2. The van der Waals surface area contributed by atoms with Gasteiger partial charge in [-0.2, -0.15) is 0 Å². The van der Waals surface area contributed by atoms with Crippen LogP contribution in [0.25, 0.3) is 0 Å². The van der Waals surface area contributed by atoms with E-state index in [-0.39, 0.29) is 0 Å². The van der Waals surface area contributed by atoms with E-state index in [0.717, 1.165) is 55.8 Å². The molecule has 0 bridgehead atoms. The van der Waals surface area contributed by atoms with Gasteiger partial charge in [0.05, 0.1) is 0 Å². The predicted molar refractivity (Wildman–Crippen MR) is 109 cm³/mol. The van der Waals surface area contributed by atoms with Gasteiger partial charge in [0.25, 0.3) is 0 Å². The highest BCUT2D eigenvalue weighted by atomic mass is 16.1. The second-order valence-corrected chi connectivity index (χ2v) is 9.50. The third kappa shape index (κ3) is 9.56. The Hall–Kier alpha value is -0.660. The first-order valence-electron chi connectivity index (χ1n) is 10.5. The molecule has 0 aromatic carbocycles. The maximum absolute atomic E-state index is 11.2. The van der Waals surface area contributed by atoms with Gasteiger partial charge >= 0.3 is 0 Å². The molecule has 0 N–H and O–H groups in total. The minimum Gasteiger partial charge on any atom is -0.300 e. The molecule has 0 aliphatic heterocycles. The highest BCUT2D eigenvalue weighted by Crippen LogP contribution is 2.37. The fraction of sp³-hybridized carbons (Fsp3) is 0.913. The summed E-state index contributed by atoms with van der Waals surface area (Å²) in [4.78, 5) is 22.0. The molecule has 0 atom stereocenters. The summed E-state index contributed by atoms with van der Waals surface area (Å²) in [5.41, 5.74) is 0. The highest BCUT2D eigenvalue weighted by Gasteiger charge is 2.30. The smallest absolute Gasteiger partial charge is 0.132 e. The van der Waals surface area contributed by atoms with E-state index in [2.05, 4.69) is 55.4 Å². The Morgan fingerprint density at radius 3 is 1.48 bits per heavy atom. The molecule has 0 heterocycles. The van der Waals surface area contributed by atoms with Gasteiger partial charge in [-0.1, -0.05) is 55.4 Å². The Balaban J connectivity index is 0.000000477. The van der Waals surface area contributed by atoms with Crippen LogP contribution < -0.4 is 0 Å². The Morgan fingerprint density at radius 1 is 0.840 bits per heavy atom. The van der Waals surface area contributed by atoms with Crippen molar-refractivity contribution < 1.29 is 9.59 Å². The summed E-state index contributed by atoms with van der Waals surface area (Å²) >= 11 is 0. The second-order valence-electron chi connectivity index (χ2n) is 9.50. The summed E-state index contributed by atoms with van der Waals surface area (Å²) < 4.78 is 0. The number of Topliss-reactive ketones (excluding diaryl/α,β-unsaturated/α-hetero) is 2. The third-order valence-corrected chi connectivity index (χ3v) is 5.91. The van der Waals surface area contributed by atoms with Crippen LogP contribution in [-0.2, 0) is 9.59 Å². The van der Waals surface area contributed by atoms with Crippen molar-refractivity contribution in [2.75, 3.05) is 0 Å². The molecule has 25 heavy (non-hydrogen) atoms. The number of rotatable bonds is 7. The van der Waals surface area contributed by atoms with E-state index in [1.807, 2.05) is 0 Å². The first-order valence-corrected chi connectivity index (χ1v) is 10.5. The van der Waals surface area contributed by atoms with Gasteiger partial charge < -0.3 is 4.79 Å². The molecule has 1 aliphatic carbocycles. The van der Waals surface area contributed by atoms with Crippen LogP contribution >= 0.6 is 0 Å². The van der Waals surface area contributed by atoms with Crippen LogP contribution in [-0.4, -0.2) is 11.6 Å². The molecule has 0 unspecified atom stereocenters. The quantitative estimate of drug-likeness (QED) is 0.519. The molecule has 1 fully saturated rings. The van der Waals surface area contributed by atoms with Crippen molar-refractivity contribution in [1.29, 1.82) is 0 Å². The summed E-state index contributed by atoms with van der Waals surface area (Å²) in [6, 6.07) is 0. The molecule has 1 rings (SSSR count).